The van der Waals surface area contributed by atoms with E-state index in [1.54, 1.807) is 24.3 Å². The van der Waals surface area contributed by atoms with Crippen molar-refractivity contribution in [1.29, 1.82) is 0 Å². The normalized spacial score (nSPS) is 16.8. The van der Waals surface area contributed by atoms with Crippen LogP contribution in [0.1, 0.15) is 35.8 Å². The largest absolute Gasteiger partial charge is 0.503 e. The van der Waals surface area contributed by atoms with Crippen molar-refractivity contribution in [3.63, 3.8) is 0 Å². The number of carbonyl (C=O) groups is 1. The lowest BCUT2D eigenvalue weighted by Gasteiger charge is -2.37. The van der Waals surface area contributed by atoms with Crippen molar-refractivity contribution in [2.45, 2.75) is 19.9 Å². The van der Waals surface area contributed by atoms with Crippen LogP contribution in [0, 0.1) is 0 Å². The van der Waals surface area contributed by atoms with Crippen molar-refractivity contribution in [1.82, 2.24) is 10.2 Å². The molecule has 2 aromatic carbocycles. The third-order valence-corrected chi connectivity index (χ3v) is 5.57. The van der Waals surface area contributed by atoms with E-state index in [4.69, 9.17) is 28.6 Å². The Kier molecular flexibility index (Phi) is 5.91. The predicted octanol–water partition coefficient (Wildman–Crippen LogP) is 4.46. The van der Waals surface area contributed by atoms with Gasteiger partial charge < -0.3 is 20.1 Å². The molecule has 1 heterocycles. The van der Waals surface area contributed by atoms with Gasteiger partial charge in [0.25, 0.3) is 0 Å². The highest BCUT2D eigenvalue weighted by atomic mass is 35.5. The fourth-order valence-electron chi connectivity index (χ4n) is 3.38. The minimum absolute atomic E-state index is 0.121. The number of hydrogen-bond acceptors (Lipinski definition) is 4. The number of phenols is 1. The molecule has 0 radical (unpaired) electrons. The summed E-state index contributed by atoms with van der Waals surface area (Å²) in [5, 5.41) is 14.2. The zero-order valence-corrected chi connectivity index (χ0v) is 17.4. The summed E-state index contributed by atoms with van der Waals surface area (Å²) in [5.41, 5.74) is 2.42. The molecule has 1 aliphatic rings. The number of ketones is 1. The number of phenolic OH excluding ortho intramolecular Hbond substituents is 1. The molecule has 3 rings (SSSR count). The minimum Gasteiger partial charge on any atom is -0.503 e. The Balaban J connectivity index is 2.19. The average molecular weight is 417 g/mol. The number of halogens is 1. The van der Waals surface area contributed by atoms with Crippen LogP contribution in [-0.4, -0.2) is 34.6 Å². The third-order valence-electron chi connectivity index (χ3n) is 4.83. The molecule has 0 fully saturated rings. The van der Waals surface area contributed by atoms with Crippen molar-refractivity contribution >= 4 is 34.7 Å². The van der Waals surface area contributed by atoms with E-state index in [-0.39, 0.29) is 22.3 Å². The first kappa shape index (κ1) is 20.2. The van der Waals surface area contributed by atoms with Crippen molar-refractivity contribution in [2.24, 2.45) is 0 Å². The molecule has 7 heteroatoms. The lowest BCUT2D eigenvalue weighted by molar-refractivity contribution is 0.102. The topological polar surface area (TPSA) is 61.8 Å². The van der Waals surface area contributed by atoms with Gasteiger partial charge in [-0.25, -0.2) is 0 Å². The van der Waals surface area contributed by atoms with Gasteiger partial charge in [0.15, 0.2) is 22.4 Å². The fourth-order valence-corrected chi connectivity index (χ4v) is 4.03. The van der Waals surface area contributed by atoms with Gasteiger partial charge in [-0.3, -0.25) is 4.79 Å². The Morgan fingerprint density at radius 3 is 2.57 bits per heavy atom. The SMILES string of the molecule is CCN1C(=S)NC(c2ccc(OC)c(O)c2Cl)C(C(=O)c2ccccc2)=C1C. The van der Waals surface area contributed by atoms with Crippen LogP contribution in [-0.2, 0) is 0 Å². The number of rotatable bonds is 5. The molecule has 28 heavy (non-hydrogen) atoms. The van der Waals surface area contributed by atoms with Crippen molar-refractivity contribution in [3.05, 3.63) is 69.9 Å². The number of ether oxygens (including phenoxy) is 1. The van der Waals surface area contributed by atoms with Gasteiger partial charge in [0.05, 0.1) is 18.2 Å². The summed E-state index contributed by atoms with van der Waals surface area (Å²) in [6.45, 7) is 4.46. The maximum atomic E-state index is 13.4. The Hall–Kier alpha value is -2.57. The summed E-state index contributed by atoms with van der Waals surface area (Å²) in [4.78, 5) is 15.3. The Morgan fingerprint density at radius 1 is 1.29 bits per heavy atom. The third kappa shape index (κ3) is 3.45. The number of aromatic hydroxyl groups is 1. The van der Waals surface area contributed by atoms with Gasteiger partial charge in [0.2, 0.25) is 0 Å². The van der Waals surface area contributed by atoms with E-state index < -0.39 is 6.04 Å². The van der Waals surface area contributed by atoms with E-state index >= 15 is 0 Å². The zero-order valence-electron chi connectivity index (χ0n) is 15.8. The van der Waals surface area contributed by atoms with Crippen molar-refractivity contribution in [2.75, 3.05) is 13.7 Å². The van der Waals surface area contributed by atoms with Gasteiger partial charge in [0, 0.05) is 28.9 Å². The van der Waals surface area contributed by atoms with Crippen LogP contribution in [0.4, 0.5) is 0 Å². The first-order valence-corrected chi connectivity index (χ1v) is 9.63. The lowest BCUT2D eigenvalue weighted by atomic mass is 9.89. The fraction of sp³-hybridized carbons (Fsp3) is 0.238. The van der Waals surface area contributed by atoms with Crippen LogP contribution in [0.25, 0.3) is 0 Å². The summed E-state index contributed by atoms with van der Waals surface area (Å²) in [6.07, 6.45) is 0. The predicted molar refractivity (Wildman–Crippen MR) is 114 cm³/mol. The van der Waals surface area contributed by atoms with Crippen LogP contribution in [0.3, 0.4) is 0 Å². The highest BCUT2D eigenvalue weighted by molar-refractivity contribution is 7.80. The lowest BCUT2D eigenvalue weighted by Crippen LogP contribution is -2.47. The van der Waals surface area contributed by atoms with Crippen LogP contribution in [0.2, 0.25) is 5.02 Å². The molecule has 5 nitrogen and oxygen atoms in total. The second kappa shape index (κ2) is 8.20. The number of carbonyl (C=O) groups excluding carboxylic acids is 1. The van der Waals surface area contributed by atoms with E-state index in [1.165, 1.54) is 7.11 Å². The molecule has 1 atom stereocenters. The molecule has 2 N–H and O–H groups in total. The maximum absolute atomic E-state index is 13.4. The molecule has 0 aliphatic carbocycles. The Bertz CT molecular complexity index is 960. The Morgan fingerprint density at radius 2 is 1.96 bits per heavy atom. The van der Waals surface area contributed by atoms with Gasteiger partial charge in [-0.2, -0.15) is 0 Å². The molecule has 0 saturated carbocycles. The van der Waals surface area contributed by atoms with Crippen LogP contribution in [0.5, 0.6) is 11.5 Å². The number of Topliss-reactive ketones (excluding diaryl/α,β-unsaturated/α-hetero) is 1. The summed E-state index contributed by atoms with van der Waals surface area (Å²) in [5.74, 6) is -0.0293. The van der Waals surface area contributed by atoms with Crippen LogP contribution < -0.4 is 10.1 Å². The van der Waals surface area contributed by atoms with Crippen LogP contribution in [0.15, 0.2) is 53.7 Å². The van der Waals surface area contributed by atoms with Gasteiger partial charge in [-0.05, 0) is 32.1 Å². The maximum Gasteiger partial charge on any atom is 0.193 e. The summed E-state index contributed by atoms with van der Waals surface area (Å²) in [7, 11) is 1.45. The van der Waals surface area contributed by atoms with Gasteiger partial charge in [-0.1, -0.05) is 48.0 Å². The van der Waals surface area contributed by atoms with E-state index in [2.05, 4.69) is 5.32 Å². The highest BCUT2D eigenvalue weighted by Crippen LogP contribution is 2.42. The molecule has 0 bridgehead atoms. The van der Waals surface area contributed by atoms with E-state index in [0.29, 0.717) is 28.4 Å². The van der Waals surface area contributed by atoms with Crippen molar-refractivity contribution in [3.8, 4) is 11.5 Å². The molecule has 146 valence electrons. The number of nitrogens with zero attached hydrogens (tertiary/aromatic N) is 1. The Labute approximate surface area is 174 Å². The molecular formula is C21H21ClN2O3S. The second-order valence-corrected chi connectivity index (χ2v) is 7.11. The van der Waals surface area contributed by atoms with Crippen molar-refractivity contribution < 1.29 is 14.6 Å². The molecule has 0 saturated heterocycles. The van der Waals surface area contributed by atoms with E-state index in [9.17, 15) is 9.90 Å². The quantitative estimate of drug-likeness (QED) is 0.554. The average Bonchev–Trinajstić information content (AvgIpc) is 2.70. The first-order chi connectivity index (χ1) is 13.4. The number of thiocarbonyl (C=S) groups is 1. The van der Waals surface area contributed by atoms with Crippen LogP contribution >= 0.6 is 23.8 Å². The zero-order chi connectivity index (χ0) is 20.4. The molecule has 0 aromatic heterocycles. The van der Waals surface area contributed by atoms with E-state index in [1.807, 2.05) is 36.9 Å². The number of methoxy groups -OCH3 is 1. The number of benzene rings is 2. The smallest absolute Gasteiger partial charge is 0.193 e. The number of hydrogen-bond donors (Lipinski definition) is 2. The monoisotopic (exact) mass is 416 g/mol. The first-order valence-electron chi connectivity index (χ1n) is 8.84. The highest BCUT2D eigenvalue weighted by Gasteiger charge is 2.35. The second-order valence-electron chi connectivity index (χ2n) is 6.34. The van der Waals surface area contributed by atoms with Gasteiger partial charge >= 0.3 is 0 Å². The molecule has 2 aromatic rings. The standard InChI is InChI=1S/C21H21ClN2O3S/c1-4-24-12(2)16(19(25)13-8-6-5-7-9-13)18(23-21(24)28)14-10-11-15(27-3)20(26)17(14)22/h5-11,18,26H,4H2,1-3H3,(H,23,28). The molecule has 0 spiro atoms. The van der Waals surface area contributed by atoms with Gasteiger partial charge in [0.1, 0.15) is 0 Å². The minimum atomic E-state index is -0.590. The molecular weight excluding hydrogens is 396 g/mol. The number of nitrogens with one attached hydrogen (secondary N) is 1. The molecule has 1 unspecified atom stereocenters. The van der Waals surface area contributed by atoms with Gasteiger partial charge in [-0.15, -0.1) is 0 Å². The summed E-state index contributed by atoms with van der Waals surface area (Å²) in [6, 6.07) is 11.8. The summed E-state index contributed by atoms with van der Waals surface area (Å²) < 4.78 is 5.12. The molecule has 0 amide bonds. The van der Waals surface area contributed by atoms with E-state index in [0.717, 1.165) is 5.70 Å². The molecule has 1 aliphatic heterocycles. The summed E-state index contributed by atoms with van der Waals surface area (Å²) >= 11 is 11.9. The number of allylic oxidation sites excluding steroid dienone is 1.